The summed E-state index contributed by atoms with van der Waals surface area (Å²) in [7, 11) is 1.63. The summed E-state index contributed by atoms with van der Waals surface area (Å²) in [6.45, 7) is 4.02. The zero-order valence-electron chi connectivity index (χ0n) is 18.1. The van der Waals surface area contributed by atoms with E-state index in [-0.39, 0.29) is 11.7 Å². The SMILES string of the molecule is COc1cccc(-n2c(SCC(=O)Nc3cccc(C)c3C)nnc2-c2ccncc2)c1. The quantitative estimate of drug-likeness (QED) is 0.416. The Morgan fingerprint density at radius 1 is 1.06 bits per heavy atom. The first-order chi connectivity index (χ1) is 15.6. The minimum atomic E-state index is -0.102. The second-order valence-electron chi connectivity index (χ2n) is 7.16. The van der Waals surface area contributed by atoms with Crippen molar-refractivity contribution < 1.29 is 9.53 Å². The lowest BCUT2D eigenvalue weighted by Gasteiger charge is -2.12. The summed E-state index contributed by atoms with van der Waals surface area (Å²) in [6.07, 6.45) is 3.43. The summed E-state index contributed by atoms with van der Waals surface area (Å²) in [6, 6.07) is 17.3. The summed E-state index contributed by atoms with van der Waals surface area (Å²) >= 11 is 1.33. The third kappa shape index (κ3) is 4.65. The van der Waals surface area contributed by atoms with Crippen LogP contribution in [0.3, 0.4) is 0 Å². The average Bonchev–Trinajstić information content (AvgIpc) is 3.25. The van der Waals surface area contributed by atoms with Crippen LogP contribution in [0.5, 0.6) is 5.75 Å². The molecule has 0 aliphatic heterocycles. The van der Waals surface area contributed by atoms with Crippen molar-refractivity contribution >= 4 is 23.4 Å². The largest absolute Gasteiger partial charge is 0.497 e. The number of benzene rings is 2. The number of hydrogen-bond acceptors (Lipinski definition) is 6. The average molecular weight is 446 g/mol. The third-order valence-corrected chi connectivity index (χ3v) is 6.02. The van der Waals surface area contributed by atoms with Crippen molar-refractivity contribution in [3.05, 3.63) is 78.1 Å². The first kappa shape index (κ1) is 21.6. The molecule has 0 radical (unpaired) electrons. The fourth-order valence-electron chi connectivity index (χ4n) is 3.24. The van der Waals surface area contributed by atoms with Crippen molar-refractivity contribution in [3.8, 4) is 22.8 Å². The van der Waals surface area contributed by atoms with Crippen molar-refractivity contribution in [2.45, 2.75) is 19.0 Å². The second-order valence-corrected chi connectivity index (χ2v) is 8.11. The number of carbonyl (C=O) groups excluding carboxylic acids is 1. The fraction of sp³-hybridized carbons (Fsp3) is 0.167. The number of thioether (sulfide) groups is 1. The first-order valence-corrected chi connectivity index (χ1v) is 11.0. The van der Waals surface area contributed by atoms with E-state index in [2.05, 4.69) is 20.5 Å². The van der Waals surface area contributed by atoms with Crippen molar-refractivity contribution in [3.63, 3.8) is 0 Å². The van der Waals surface area contributed by atoms with Crippen LogP contribution in [-0.4, -0.2) is 38.5 Å². The second kappa shape index (κ2) is 9.65. The Hall–Kier alpha value is -3.65. The monoisotopic (exact) mass is 445 g/mol. The summed E-state index contributed by atoms with van der Waals surface area (Å²) in [4.78, 5) is 16.7. The van der Waals surface area contributed by atoms with Gasteiger partial charge in [0.25, 0.3) is 0 Å². The van der Waals surface area contributed by atoms with E-state index in [1.54, 1.807) is 19.5 Å². The van der Waals surface area contributed by atoms with E-state index >= 15 is 0 Å². The van der Waals surface area contributed by atoms with Gasteiger partial charge < -0.3 is 10.1 Å². The van der Waals surface area contributed by atoms with Gasteiger partial charge in [-0.25, -0.2) is 0 Å². The van der Waals surface area contributed by atoms with Crippen molar-refractivity contribution in [2.24, 2.45) is 0 Å². The number of amides is 1. The molecule has 1 amide bonds. The molecule has 0 aliphatic rings. The van der Waals surface area contributed by atoms with Gasteiger partial charge in [0.2, 0.25) is 5.91 Å². The number of nitrogens with zero attached hydrogens (tertiary/aromatic N) is 4. The molecule has 2 aromatic heterocycles. The zero-order chi connectivity index (χ0) is 22.5. The number of methoxy groups -OCH3 is 1. The van der Waals surface area contributed by atoms with E-state index in [0.717, 1.165) is 33.8 Å². The number of carbonyl (C=O) groups is 1. The van der Waals surface area contributed by atoms with Gasteiger partial charge in [-0.3, -0.25) is 14.3 Å². The minimum Gasteiger partial charge on any atom is -0.497 e. The predicted octanol–water partition coefficient (Wildman–Crippen LogP) is 4.69. The van der Waals surface area contributed by atoms with Crippen molar-refractivity contribution in [2.75, 3.05) is 18.2 Å². The van der Waals surface area contributed by atoms with E-state index < -0.39 is 0 Å². The molecule has 0 saturated carbocycles. The molecule has 4 rings (SSSR count). The van der Waals surface area contributed by atoms with Crippen molar-refractivity contribution in [1.82, 2.24) is 19.7 Å². The minimum absolute atomic E-state index is 0.102. The number of aryl methyl sites for hydroxylation is 1. The maximum atomic E-state index is 12.7. The van der Waals surface area contributed by atoms with E-state index in [1.165, 1.54) is 11.8 Å². The maximum absolute atomic E-state index is 12.7. The highest BCUT2D eigenvalue weighted by molar-refractivity contribution is 7.99. The Morgan fingerprint density at radius 3 is 2.62 bits per heavy atom. The molecule has 0 fully saturated rings. The molecule has 0 saturated heterocycles. The topological polar surface area (TPSA) is 81.9 Å². The molecule has 1 N–H and O–H groups in total. The lowest BCUT2D eigenvalue weighted by Crippen LogP contribution is -2.15. The van der Waals surface area contributed by atoms with E-state index in [1.807, 2.05) is 73.0 Å². The molecule has 2 heterocycles. The highest BCUT2D eigenvalue weighted by atomic mass is 32.2. The molecule has 0 spiro atoms. The molecule has 8 heteroatoms. The van der Waals surface area contributed by atoms with Gasteiger partial charge in [-0.1, -0.05) is 30.0 Å². The summed E-state index contributed by atoms with van der Waals surface area (Å²) in [5.41, 5.74) is 4.74. The Kier molecular flexibility index (Phi) is 6.51. The normalized spacial score (nSPS) is 10.7. The third-order valence-electron chi connectivity index (χ3n) is 5.09. The Bertz CT molecular complexity index is 1240. The zero-order valence-corrected chi connectivity index (χ0v) is 18.9. The number of anilines is 1. The number of hydrogen-bond donors (Lipinski definition) is 1. The van der Waals surface area contributed by atoms with Gasteiger partial charge in [0.05, 0.1) is 18.6 Å². The number of nitrogens with one attached hydrogen (secondary N) is 1. The van der Waals surface area contributed by atoms with Crippen LogP contribution in [0.2, 0.25) is 0 Å². The standard InChI is InChI=1S/C24H23N5O2S/c1-16-6-4-9-21(17(16)2)26-22(30)15-32-24-28-27-23(18-10-12-25-13-11-18)29(24)19-7-5-8-20(14-19)31-3/h4-14H,15H2,1-3H3,(H,26,30). The van der Waals surface area contributed by atoms with Crippen LogP contribution in [0.25, 0.3) is 17.1 Å². The van der Waals surface area contributed by atoms with Crippen LogP contribution >= 0.6 is 11.8 Å². The molecule has 0 bridgehead atoms. The van der Waals surface area contributed by atoms with Crippen LogP contribution in [0.4, 0.5) is 5.69 Å². The van der Waals surface area contributed by atoms with E-state index in [9.17, 15) is 4.79 Å². The Morgan fingerprint density at radius 2 is 1.84 bits per heavy atom. The van der Waals surface area contributed by atoms with Crippen LogP contribution in [0, 0.1) is 13.8 Å². The van der Waals surface area contributed by atoms with Gasteiger partial charge in [0, 0.05) is 29.7 Å². The number of ether oxygens (including phenoxy) is 1. The lowest BCUT2D eigenvalue weighted by atomic mass is 10.1. The molecule has 2 aromatic carbocycles. The molecular formula is C24H23N5O2S. The van der Waals surface area contributed by atoms with Gasteiger partial charge >= 0.3 is 0 Å². The van der Waals surface area contributed by atoms with E-state index in [4.69, 9.17) is 4.74 Å². The smallest absolute Gasteiger partial charge is 0.234 e. The number of rotatable bonds is 7. The number of aromatic nitrogens is 4. The lowest BCUT2D eigenvalue weighted by molar-refractivity contribution is -0.113. The molecule has 162 valence electrons. The van der Waals surface area contributed by atoms with Crippen LogP contribution in [0.1, 0.15) is 11.1 Å². The van der Waals surface area contributed by atoms with Gasteiger partial charge in [-0.15, -0.1) is 10.2 Å². The summed E-state index contributed by atoms with van der Waals surface area (Å²) in [5, 5.41) is 12.4. The molecule has 4 aromatic rings. The van der Waals surface area contributed by atoms with Crippen LogP contribution < -0.4 is 10.1 Å². The first-order valence-electron chi connectivity index (χ1n) is 10.1. The van der Waals surface area contributed by atoms with Crippen molar-refractivity contribution in [1.29, 1.82) is 0 Å². The maximum Gasteiger partial charge on any atom is 0.234 e. The summed E-state index contributed by atoms with van der Waals surface area (Å²) in [5.74, 6) is 1.49. The highest BCUT2D eigenvalue weighted by Gasteiger charge is 2.18. The molecule has 7 nitrogen and oxygen atoms in total. The van der Waals surface area contributed by atoms with Gasteiger partial charge in [0.15, 0.2) is 11.0 Å². The summed E-state index contributed by atoms with van der Waals surface area (Å²) < 4.78 is 7.31. The predicted molar refractivity (Wildman–Crippen MR) is 126 cm³/mol. The van der Waals surface area contributed by atoms with Gasteiger partial charge in [-0.05, 0) is 55.3 Å². The van der Waals surface area contributed by atoms with Crippen LogP contribution in [0.15, 0.2) is 72.1 Å². The van der Waals surface area contributed by atoms with Gasteiger partial charge in [-0.2, -0.15) is 0 Å². The highest BCUT2D eigenvalue weighted by Crippen LogP contribution is 2.29. The molecule has 32 heavy (non-hydrogen) atoms. The Balaban J connectivity index is 1.61. The molecule has 0 aliphatic carbocycles. The van der Waals surface area contributed by atoms with Gasteiger partial charge in [0.1, 0.15) is 5.75 Å². The molecule has 0 unspecified atom stereocenters. The Labute approximate surface area is 190 Å². The fourth-order valence-corrected chi connectivity index (χ4v) is 3.99. The van der Waals surface area contributed by atoms with Crippen LogP contribution in [-0.2, 0) is 4.79 Å². The molecular weight excluding hydrogens is 422 g/mol. The molecule has 0 atom stereocenters. The van der Waals surface area contributed by atoms with E-state index in [0.29, 0.717) is 11.0 Å². The number of pyridine rings is 1.